The number of aryl methyl sites for hydroxylation is 1. The lowest BCUT2D eigenvalue weighted by molar-refractivity contribution is -0.150. The molecule has 12 heteroatoms. The van der Waals surface area contributed by atoms with Crippen molar-refractivity contribution >= 4 is 23.5 Å². The van der Waals surface area contributed by atoms with Crippen molar-refractivity contribution in [2.45, 2.75) is 39.2 Å². The number of aromatic nitrogens is 4. The third kappa shape index (κ3) is 4.47. The zero-order chi connectivity index (χ0) is 23.0. The van der Waals surface area contributed by atoms with Gasteiger partial charge in [0.25, 0.3) is 0 Å². The van der Waals surface area contributed by atoms with Gasteiger partial charge in [0.2, 0.25) is 0 Å². The molecule has 0 radical (unpaired) electrons. The van der Waals surface area contributed by atoms with E-state index in [2.05, 4.69) is 10.2 Å². The highest BCUT2D eigenvalue weighted by atomic mass is 35.5. The van der Waals surface area contributed by atoms with Crippen molar-refractivity contribution in [3.8, 4) is 16.9 Å². The highest BCUT2D eigenvalue weighted by Crippen LogP contribution is 2.37. The minimum atomic E-state index is -4.59. The summed E-state index contributed by atoms with van der Waals surface area (Å²) < 4.78 is 52.9. The summed E-state index contributed by atoms with van der Waals surface area (Å²) in [6.45, 7) is 1.54. The molecule has 32 heavy (non-hydrogen) atoms. The normalized spacial score (nSPS) is 14.8. The van der Waals surface area contributed by atoms with Crippen molar-refractivity contribution < 1.29 is 32.2 Å². The number of cyclic esters (lactones) is 1. The van der Waals surface area contributed by atoms with Crippen LogP contribution in [0.4, 0.5) is 13.2 Å². The average molecular weight is 469 g/mol. The van der Waals surface area contributed by atoms with Gasteiger partial charge in [-0.25, -0.2) is 4.68 Å². The Labute approximate surface area is 184 Å². The summed E-state index contributed by atoms with van der Waals surface area (Å²) in [4.78, 5) is 23.8. The van der Waals surface area contributed by atoms with Crippen LogP contribution in [0.25, 0.3) is 11.1 Å². The predicted molar refractivity (Wildman–Crippen MR) is 105 cm³/mol. The number of rotatable bonds is 3. The first-order valence-electron chi connectivity index (χ1n) is 9.44. The Hall–Kier alpha value is -3.34. The third-order valence-electron chi connectivity index (χ3n) is 4.82. The van der Waals surface area contributed by atoms with Crippen molar-refractivity contribution in [3.05, 3.63) is 52.6 Å². The van der Waals surface area contributed by atoms with Crippen LogP contribution in [0.1, 0.15) is 29.8 Å². The van der Waals surface area contributed by atoms with E-state index in [-0.39, 0.29) is 37.4 Å². The standard InChI is InChI=1S/C20H16ClF3N4O4/c1-11-19-16(28(26-11)10-31-17(29)4-5-18(30)32-19)9-27-8-13(7-25-27)12-2-3-15(21)14(6-12)20(22,23)24/h2-3,6-8H,4-5,9-10H2,1H3. The Morgan fingerprint density at radius 3 is 2.66 bits per heavy atom. The number of carbonyl (C=O) groups excluding carboxylic acids is 2. The highest BCUT2D eigenvalue weighted by molar-refractivity contribution is 6.31. The van der Waals surface area contributed by atoms with Gasteiger partial charge in [0.15, 0.2) is 12.5 Å². The summed E-state index contributed by atoms with van der Waals surface area (Å²) in [6.07, 6.45) is -1.87. The van der Waals surface area contributed by atoms with Crippen LogP contribution in [0.3, 0.4) is 0 Å². The second-order valence-corrected chi connectivity index (χ2v) is 7.51. The molecule has 1 aliphatic heterocycles. The van der Waals surface area contributed by atoms with Crippen LogP contribution < -0.4 is 4.74 Å². The SMILES string of the molecule is Cc1nn2c(Cn3cc(-c4ccc(Cl)c(C(F)(F)F)c4)cn3)c1OC(=O)CCC(=O)OC2. The van der Waals surface area contributed by atoms with Crippen LogP contribution in [0, 0.1) is 6.92 Å². The molecule has 168 valence electrons. The molecule has 0 saturated heterocycles. The van der Waals surface area contributed by atoms with E-state index >= 15 is 0 Å². The number of alkyl halides is 3. The highest BCUT2D eigenvalue weighted by Gasteiger charge is 2.33. The van der Waals surface area contributed by atoms with Gasteiger partial charge in [-0.1, -0.05) is 17.7 Å². The zero-order valence-corrected chi connectivity index (χ0v) is 17.4. The maximum absolute atomic E-state index is 13.2. The molecule has 0 saturated carbocycles. The molecule has 3 heterocycles. The Bertz CT molecular complexity index is 1200. The lowest BCUT2D eigenvalue weighted by Gasteiger charge is -2.13. The molecule has 0 spiro atoms. The minimum absolute atomic E-state index is 0.0702. The molecule has 3 aromatic rings. The number of benzene rings is 1. The maximum atomic E-state index is 13.2. The first kappa shape index (κ1) is 21.9. The molecule has 2 bridgehead atoms. The van der Waals surface area contributed by atoms with Gasteiger partial charge in [0, 0.05) is 11.8 Å². The van der Waals surface area contributed by atoms with Crippen LogP contribution in [0.2, 0.25) is 5.02 Å². The number of carbonyl (C=O) groups is 2. The van der Waals surface area contributed by atoms with E-state index in [0.29, 0.717) is 17.0 Å². The molecule has 0 N–H and O–H groups in total. The van der Waals surface area contributed by atoms with Gasteiger partial charge in [-0.05, 0) is 24.6 Å². The first-order chi connectivity index (χ1) is 15.1. The number of nitrogens with zero attached hydrogens (tertiary/aromatic N) is 4. The molecular weight excluding hydrogens is 453 g/mol. The number of hydrogen-bond donors (Lipinski definition) is 0. The summed E-state index contributed by atoms with van der Waals surface area (Å²) in [5, 5.41) is 8.06. The fourth-order valence-corrected chi connectivity index (χ4v) is 3.48. The maximum Gasteiger partial charge on any atom is 0.417 e. The van der Waals surface area contributed by atoms with Crippen LogP contribution in [0.5, 0.6) is 5.75 Å². The number of esters is 2. The number of fused-ring (bicyclic) bond motifs is 2. The molecular formula is C20H16ClF3N4O4. The van der Waals surface area contributed by atoms with Gasteiger partial charge in [0.1, 0.15) is 11.4 Å². The summed E-state index contributed by atoms with van der Waals surface area (Å²) >= 11 is 5.69. The molecule has 0 fully saturated rings. The van der Waals surface area contributed by atoms with Gasteiger partial charge in [0.05, 0.1) is 36.2 Å². The Kier molecular flexibility index (Phi) is 5.68. The fourth-order valence-electron chi connectivity index (χ4n) is 3.25. The first-order valence-corrected chi connectivity index (χ1v) is 9.82. The van der Waals surface area contributed by atoms with Crippen LogP contribution in [-0.4, -0.2) is 31.5 Å². The van der Waals surface area contributed by atoms with Crippen molar-refractivity contribution in [1.29, 1.82) is 0 Å². The lowest BCUT2D eigenvalue weighted by Crippen LogP contribution is -2.19. The summed E-state index contributed by atoms with van der Waals surface area (Å²) in [7, 11) is 0. The second kappa shape index (κ2) is 8.30. The van der Waals surface area contributed by atoms with E-state index in [1.807, 2.05) is 0 Å². The Balaban J connectivity index is 1.65. The van der Waals surface area contributed by atoms with Gasteiger partial charge in [-0.3, -0.25) is 14.3 Å². The quantitative estimate of drug-likeness (QED) is 0.540. The van der Waals surface area contributed by atoms with E-state index in [1.54, 1.807) is 13.1 Å². The van der Waals surface area contributed by atoms with E-state index in [0.717, 1.165) is 6.07 Å². The van der Waals surface area contributed by atoms with Gasteiger partial charge in [-0.15, -0.1) is 0 Å². The van der Waals surface area contributed by atoms with E-state index in [4.69, 9.17) is 21.1 Å². The van der Waals surface area contributed by atoms with Crippen molar-refractivity contribution in [1.82, 2.24) is 19.6 Å². The Morgan fingerprint density at radius 1 is 1.16 bits per heavy atom. The van der Waals surface area contributed by atoms with Crippen LogP contribution in [-0.2, 0) is 33.8 Å². The lowest BCUT2D eigenvalue weighted by atomic mass is 10.1. The molecule has 1 aromatic carbocycles. The van der Waals surface area contributed by atoms with Crippen LogP contribution in [0.15, 0.2) is 30.6 Å². The summed E-state index contributed by atoms with van der Waals surface area (Å²) in [5.41, 5.74) is 0.621. The zero-order valence-electron chi connectivity index (χ0n) is 16.6. The molecule has 0 unspecified atom stereocenters. The molecule has 0 aliphatic carbocycles. The topological polar surface area (TPSA) is 88.2 Å². The van der Waals surface area contributed by atoms with E-state index < -0.39 is 28.7 Å². The molecule has 8 nitrogen and oxygen atoms in total. The van der Waals surface area contributed by atoms with E-state index in [9.17, 15) is 22.8 Å². The second-order valence-electron chi connectivity index (χ2n) is 7.10. The van der Waals surface area contributed by atoms with Gasteiger partial charge < -0.3 is 9.47 Å². The monoisotopic (exact) mass is 468 g/mol. The third-order valence-corrected chi connectivity index (χ3v) is 5.15. The number of hydrogen-bond acceptors (Lipinski definition) is 6. The van der Waals surface area contributed by atoms with Gasteiger partial charge in [-0.2, -0.15) is 23.4 Å². The molecule has 4 rings (SSSR count). The largest absolute Gasteiger partial charge is 0.442 e. The molecule has 0 amide bonds. The minimum Gasteiger partial charge on any atom is -0.442 e. The van der Waals surface area contributed by atoms with Crippen molar-refractivity contribution in [2.75, 3.05) is 0 Å². The Morgan fingerprint density at radius 2 is 1.91 bits per heavy atom. The number of halogens is 4. The van der Waals surface area contributed by atoms with Crippen LogP contribution >= 0.6 is 11.6 Å². The fraction of sp³-hybridized carbons (Fsp3) is 0.300. The number of ether oxygens (including phenoxy) is 2. The van der Waals surface area contributed by atoms with Gasteiger partial charge >= 0.3 is 18.1 Å². The summed E-state index contributed by atoms with van der Waals surface area (Å²) in [6, 6.07) is 3.60. The average Bonchev–Trinajstić information content (AvgIpc) is 3.29. The van der Waals surface area contributed by atoms with Crippen molar-refractivity contribution in [2.24, 2.45) is 0 Å². The molecule has 2 aromatic heterocycles. The molecule has 1 aliphatic rings. The predicted octanol–water partition coefficient (Wildman–Crippen LogP) is 3.98. The van der Waals surface area contributed by atoms with Crippen molar-refractivity contribution in [3.63, 3.8) is 0 Å². The smallest absolute Gasteiger partial charge is 0.417 e. The molecule has 0 atom stereocenters. The summed E-state index contributed by atoms with van der Waals surface area (Å²) in [5.74, 6) is -0.931. The van der Waals surface area contributed by atoms with E-state index in [1.165, 1.54) is 27.7 Å².